The number of carbonyl (C=O) groups excluding carboxylic acids is 1. The molecule has 0 radical (unpaired) electrons. The highest BCUT2D eigenvalue weighted by Crippen LogP contribution is 2.28. The van der Waals surface area contributed by atoms with Gasteiger partial charge in [0.25, 0.3) is 0 Å². The van der Waals surface area contributed by atoms with Gasteiger partial charge in [-0.1, -0.05) is 15.9 Å². The summed E-state index contributed by atoms with van der Waals surface area (Å²) in [6, 6.07) is 9.65. The SMILES string of the molecule is Cc1cc(SCC(=O)Nc2ccc3c(c2)n(C)c(=O)n3C)c(C)cc1Br. The Morgan fingerprint density at radius 2 is 1.77 bits per heavy atom. The Labute approximate surface area is 164 Å². The molecular weight excluding hydrogens is 414 g/mol. The van der Waals surface area contributed by atoms with Gasteiger partial charge >= 0.3 is 5.69 Å². The van der Waals surface area contributed by atoms with Crippen molar-refractivity contribution in [3.63, 3.8) is 0 Å². The van der Waals surface area contributed by atoms with Crippen molar-refractivity contribution in [3.8, 4) is 0 Å². The van der Waals surface area contributed by atoms with Gasteiger partial charge < -0.3 is 5.32 Å². The fraction of sp³-hybridized carbons (Fsp3) is 0.263. The second-order valence-electron chi connectivity index (χ2n) is 6.31. The number of aryl methyl sites for hydroxylation is 4. The average molecular weight is 434 g/mol. The van der Waals surface area contributed by atoms with Gasteiger partial charge in [0.15, 0.2) is 0 Å². The Morgan fingerprint density at radius 3 is 2.50 bits per heavy atom. The molecule has 2 aromatic carbocycles. The molecule has 0 saturated heterocycles. The molecule has 1 N–H and O–H groups in total. The summed E-state index contributed by atoms with van der Waals surface area (Å²) in [7, 11) is 3.47. The van der Waals surface area contributed by atoms with Gasteiger partial charge in [-0.05, 0) is 55.3 Å². The van der Waals surface area contributed by atoms with E-state index in [-0.39, 0.29) is 11.6 Å². The monoisotopic (exact) mass is 433 g/mol. The van der Waals surface area contributed by atoms with Crippen molar-refractivity contribution in [2.45, 2.75) is 18.7 Å². The van der Waals surface area contributed by atoms with Crippen LogP contribution in [0.1, 0.15) is 11.1 Å². The highest BCUT2D eigenvalue weighted by Gasteiger charge is 2.11. The van der Waals surface area contributed by atoms with Crippen LogP contribution in [0.25, 0.3) is 11.0 Å². The number of amides is 1. The molecule has 3 rings (SSSR count). The Bertz CT molecular complexity index is 1070. The van der Waals surface area contributed by atoms with E-state index < -0.39 is 0 Å². The number of anilines is 1. The molecule has 1 amide bonds. The van der Waals surface area contributed by atoms with Gasteiger partial charge in [0.1, 0.15) is 0 Å². The number of hydrogen-bond acceptors (Lipinski definition) is 3. The predicted octanol–water partition coefficient (Wildman–Crippen LogP) is 3.99. The lowest BCUT2D eigenvalue weighted by atomic mass is 10.2. The zero-order valence-corrected chi connectivity index (χ0v) is 17.5. The zero-order valence-electron chi connectivity index (χ0n) is 15.1. The number of nitrogens with one attached hydrogen (secondary N) is 1. The molecule has 1 heterocycles. The molecule has 0 aliphatic carbocycles. The number of carbonyl (C=O) groups is 1. The minimum Gasteiger partial charge on any atom is -0.325 e. The van der Waals surface area contributed by atoms with E-state index in [1.54, 1.807) is 23.2 Å². The van der Waals surface area contributed by atoms with E-state index in [1.165, 1.54) is 11.8 Å². The lowest BCUT2D eigenvalue weighted by Crippen LogP contribution is -2.19. The lowest BCUT2D eigenvalue weighted by Gasteiger charge is -2.09. The van der Waals surface area contributed by atoms with E-state index >= 15 is 0 Å². The summed E-state index contributed by atoms with van der Waals surface area (Å²) in [6.07, 6.45) is 0. The molecule has 1 aromatic heterocycles. The van der Waals surface area contributed by atoms with E-state index in [0.29, 0.717) is 11.4 Å². The van der Waals surface area contributed by atoms with Crippen molar-refractivity contribution in [3.05, 3.63) is 56.4 Å². The van der Waals surface area contributed by atoms with Crippen molar-refractivity contribution < 1.29 is 4.79 Å². The summed E-state index contributed by atoms with van der Waals surface area (Å²) in [5, 5.41) is 2.91. The minimum atomic E-state index is -0.0832. The van der Waals surface area contributed by atoms with Crippen molar-refractivity contribution in [2.75, 3.05) is 11.1 Å². The molecule has 0 aliphatic rings. The van der Waals surface area contributed by atoms with E-state index in [9.17, 15) is 9.59 Å². The third-order valence-electron chi connectivity index (χ3n) is 4.37. The quantitative estimate of drug-likeness (QED) is 0.632. The van der Waals surface area contributed by atoms with Crippen molar-refractivity contribution in [1.29, 1.82) is 0 Å². The Kier molecular flexibility index (Phi) is 5.29. The van der Waals surface area contributed by atoms with Crippen LogP contribution in [0, 0.1) is 13.8 Å². The maximum Gasteiger partial charge on any atom is 0.328 e. The van der Waals surface area contributed by atoms with Gasteiger partial charge in [-0.3, -0.25) is 13.9 Å². The fourth-order valence-electron chi connectivity index (χ4n) is 2.83. The standard InChI is InChI=1S/C19H20BrN3O2S/c1-11-8-17(12(2)7-14(11)20)26-10-18(24)21-13-5-6-15-16(9-13)23(4)19(25)22(15)3/h5-9H,10H2,1-4H3,(H,21,24). The van der Waals surface area contributed by atoms with Crippen LogP contribution < -0.4 is 11.0 Å². The summed E-state index contributed by atoms with van der Waals surface area (Å²) < 4.78 is 4.24. The van der Waals surface area contributed by atoms with E-state index in [1.807, 2.05) is 32.0 Å². The summed E-state index contributed by atoms with van der Waals surface area (Å²) in [5.41, 5.74) is 4.52. The molecule has 0 atom stereocenters. The normalized spacial score (nSPS) is 11.1. The molecule has 5 nitrogen and oxygen atoms in total. The topological polar surface area (TPSA) is 56.0 Å². The first-order valence-corrected chi connectivity index (χ1v) is 9.90. The van der Waals surface area contributed by atoms with Crippen molar-refractivity contribution in [1.82, 2.24) is 9.13 Å². The molecule has 0 bridgehead atoms. The van der Waals surface area contributed by atoms with E-state index in [4.69, 9.17) is 0 Å². The van der Waals surface area contributed by atoms with Gasteiger partial charge in [0.05, 0.1) is 16.8 Å². The second kappa shape index (κ2) is 7.32. The Morgan fingerprint density at radius 1 is 1.08 bits per heavy atom. The Hall–Kier alpha value is -1.99. The highest BCUT2D eigenvalue weighted by atomic mass is 79.9. The third-order valence-corrected chi connectivity index (χ3v) is 6.38. The predicted molar refractivity (Wildman–Crippen MR) is 111 cm³/mol. The lowest BCUT2D eigenvalue weighted by molar-refractivity contribution is -0.113. The van der Waals surface area contributed by atoms with Crippen LogP contribution in [0.15, 0.2) is 44.5 Å². The molecule has 3 aromatic rings. The number of benzene rings is 2. The molecule has 7 heteroatoms. The maximum absolute atomic E-state index is 12.3. The van der Waals surface area contributed by atoms with Crippen LogP contribution in [0.5, 0.6) is 0 Å². The van der Waals surface area contributed by atoms with Gasteiger partial charge in [-0.15, -0.1) is 11.8 Å². The first-order chi connectivity index (χ1) is 12.3. The molecule has 0 saturated carbocycles. The summed E-state index contributed by atoms with van der Waals surface area (Å²) in [4.78, 5) is 25.4. The smallest absolute Gasteiger partial charge is 0.325 e. The van der Waals surface area contributed by atoms with Crippen LogP contribution in [-0.2, 0) is 18.9 Å². The number of nitrogens with zero attached hydrogens (tertiary/aromatic N) is 2. The van der Waals surface area contributed by atoms with Crippen molar-refractivity contribution >= 4 is 50.3 Å². The van der Waals surface area contributed by atoms with Gasteiger partial charge in [0.2, 0.25) is 5.91 Å². The fourth-order valence-corrected chi connectivity index (χ4v) is 4.20. The van der Waals surface area contributed by atoms with Gasteiger partial charge in [0, 0.05) is 29.2 Å². The largest absolute Gasteiger partial charge is 0.328 e. The highest BCUT2D eigenvalue weighted by molar-refractivity contribution is 9.10. The maximum atomic E-state index is 12.3. The molecule has 26 heavy (non-hydrogen) atoms. The molecule has 0 aliphatic heterocycles. The van der Waals surface area contributed by atoms with Gasteiger partial charge in [-0.2, -0.15) is 0 Å². The van der Waals surface area contributed by atoms with Crippen LogP contribution in [0.4, 0.5) is 5.69 Å². The minimum absolute atomic E-state index is 0.0738. The van der Waals surface area contributed by atoms with Crippen LogP contribution in [0.2, 0.25) is 0 Å². The number of hydrogen-bond donors (Lipinski definition) is 1. The number of halogens is 1. The number of fused-ring (bicyclic) bond motifs is 1. The third kappa shape index (κ3) is 3.59. The molecule has 0 fully saturated rings. The van der Waals surface area contributed by atoms with Crippen LogP contribution in [-0.4, -0.2) is 20.8 Å². The first-order valence-electron chi connectivity index (χ1n) is 8.13. The molecular formula is C19H20BrN3O2S. The zero-order chi connectivity index (χ0) is 19.0. The number of thioether (sulfide) groups is 1. The number of rotatable bonds is 4. The molecule has 0 unspecified atom stereocenters. The van der Waals surface area contributed by atoms with Crippen molar-refractivity contribution in [2.24, 2.45) is 14.1 Å². The second-order valence-corrected chi connectivity index (χ2v) is 8.18. The van der Waals surface area contributed by atoms with Crippen LogP contribution in [0.3, 0.4) is 0 Å². The number of aromatic nitrogens is 2. The summed E-state index contributed by atoms with van der Waals surface area (Å²) in [6.45, 7) is 4.07. The molecule has 136 valence electrons. The Balaban J connectivity index is 1.72. The average Bonchev–Trinajstić information content (AvgIpc) is 2.81. The number of imidazole rings is 1. The summed E-state index contributed by atoms with van der Waals surface area (Å²) in [5.74, 6) is 0.253. The van der Waals surface area contributed by atoms with Crippen LogP contribution >= 0.6 is 27.7 Å². The first kappa shape index (κ1) is 18.8. The van der Waals surface area contributed by atoms with E-state index in [2.05, 4.69) is 33.4 Å². The van der Waals surface area contributed by atoms with E-state index in [0.717, 1.165) is 31.5 Å². The summed E-state index contributed by atoms with van der Waals surface area (Å²) >= 11 is 5.04. The molecule has 0 spiro atoms. The van der Waals surface area contributed by atoms with Gasteiger partial charge in [-0.25, -0.2) is 4.79 Å².